The molecule has 0 aromatic heterocycles. The van der Waals surface area contributed by atoms with E-state index in [-0.39, 0.29) is 32.7 Å². The van der Waals surface area contributed by atoms with Gasteiger partial charge in [0.05, 0.1) is 0 Å². The third-order valence-corrected chi connectivity index (χ3v) is 0. The van der Waals surface area contributed by atoms with Gasteiger partial charge in [-0.2, -0.15) is 28.2 Å². The predicted molar refractivity (Wildman–Crippen MR) is 41.8 cm³/mol. The van der Waals surface area contributed by atoms with E-state index in [1.54, 1.807) is 28.2 Å². The molecule has 0 fully saturated rings. The third kappa shape index (κ3) is 425. The molecule has 0 aliphatic rings. The van der Waals surface area contributed by atoms with Crippen molar-refractivity contribution in [2.45, 2.75) is 13.8 Å². The van der Waals surface area contributed by atoms with E-state index in [1.807, 2.05) is 13.8 Å². The van der Waals surface area contributed by atoms with Crippen molar-refractivity contribution in [3.05, 3.63) is 10.6 Å². The predicted octanol–water partition coefficient (Wildman–Crippen LogP) is 2.26. The van der Waals surface area contributed by atoms with Crippen LogP contribution in [0.3, 0.4) is 0 Å². The molecule has 0 atom stereocenters. The zero-order valence-electron chi connectivity index (χ0n) is 7.47. The van der Waals surface area contributed by atoms with Crippen LogP contribution in [-0.4, -0.2) is 28.2 Å². The molecular formula is C6H18N2Y-2. The average molecular weight is 207 g/mol. The SMILES string of the molecule is CC.C[N-]C.C[N-]C.[Y]. The Hall–Kier alpha value is 1.02. The van der Waals surface area contributed by atoms with Gasteiger partial charge in [-0.25, -0.2) is 0 Å². The van der Waals surface area contributed by atoms with E-state index in [0.29, 0.717) is 0 Å². The Labute approximate surface area is 85.1 Å². The number of rotatable bonds is 0. The Morgan fingerprint density at radius 2 is 0.667 bits per heavy atom. The van der Waals surface area contributed by atoms with Gasteiger partial charge in [0.2, 0.25) is 0 Å². The summed E-state index contributed by atoms with van der Waals surface area (Å²) in [6.07, 6.45) is 0. The quantitative estimate of drug-likeness (QED) is 0.582. The molecule has 0 aliphatic carbocycles. The zero-order chi connectivity index (χ0) is 7.41. The Morgan fingerprint density at radius 3 is 0.667 bits per heavy atom. The molecule has 0 aromatic rings. The second kappa shape index (κ2) is 63.5. The van der Waals surface area contributed by atoms with Gasteiger partial charge in [0, 0.05) is 32.7 Å². The van der Waals surface area contributed by atoms with Crippen molar-refractivity contribution in [2.24, 2.45) is 0 Å². The van der Waals surface area contributed by atoms with Crippen LogP contribution in [0.25, 0.3) is 10.6 Å². The summed E-state index contributed by atoms with van der Waals surface area (Å²) in [5.74, 6) is 0. The van der Waals surface area contributed by atoms with Crippen LogP contribution in [0.2, 0.25) is 0 Å². The zero-order valence-corrected chi connectivity index (χ0v) is 10.3. The minimum absolute atomic E-state index is 0. The second-order valence-electron chi connectivity index (χ2n) is 0.894. The normalized spacial score (nSPS) is 4.67. The first-order valence-corrected chi connectivity index (χ1v) is 2.79. The van der Waals surface area contributed by atoms with Crippen LogP contribution < -0.4 is 0 Å². The maximum absolute atomic E-state index is 3.50. The van der Waals surface area contributed by atoms with Crippen molar-refractivity contribution in [1.82, 2.24) is 0 Å². The van der Waals surface area contributed by atoms with Crippen molar-refractivity contribution in [1.29, 1.82) is 0 Å². The topological polar surface area (TPSA) is 28.2 Å². The molecule has 2 nitrogen and oxygen atoms in total. The van der Waals surface area contributed by atoms with Crippen LogP contribution in [0.4, 0.5) is 0 Å². The number of nitrogens with zero attached hydrogens (tertiary/aromatic N) is 2. The summed E-state index contributed by atoms with van der Waals surface area (Å²) in [5, 5.41) is 7.00. The van der Waals surface area contributed by atoms with Gasteiger partial charge in [0.25, 0.3) is 0 Å². The first kappa shape index (κ1) is 22.5. The Bertz CT molecular complexity index is 13.0. The minimum atomic E-state index is 0. The summed E-state index contributed by atoms with van der Waals surface area (Å²) >= 11 is 0. The fourth-order valence-electron chi connectivity index (χ4n) is 0. The van der Waals surface area contributed by atoms with E-state index in [1.165, 1.54) is 0 Å². The molecular weight excluding hydrogens is 189 g/mol. The summed E-state index contributed by atoms with van der Waals surface area (Å²) < 4.78 is 0. The van der Waals surface area contributed by atoms with Gasteiger partial charge in [0.1, 0.15) is 0 Å². The van der Waals surface area contributed by atoms with E-state index >= 15 is 0 Å². The van der Waals surface area contributed by atoms with E-state index < -0.39 is 0 Å². The molecule has 0 N–H and O–H groups in total. The molecule has 0 rings (SSSR count). The van der Waals surface area contributed by atoms with Gasteiger partial charge in [0.15, 0.2) is 0 Å². The van der Waals surface area contributed by atoms with Gasteiger partial charge < -0.3 is 10.6 Å². The van der Waals surface area contributed by atoms with Crippen molar-refractivity contribution in [3.63, 3.8) is 0 Å². The Balaban J connectivity index is -0.0000000202. The van der Waals surface area contributed by atoms with Crippen molar-refractivity contribution in [3.8, 4) is 0 Å². The summed E-state index contributed by atoms with van der Waals surface area (Å²) in [6.45, 7) is 4.00. The van der Waals surface area contributed by atoms with E-state index in [9.17, 15) is 0 Å². The largest absolute Gasteiger partial charge is 0.668 e. The van der Waals surface area contributed by atoms with E-state index in [0.717, 1.165) is 0 Å². The monoisotopic (exact) mass is 207 g/mol. The summed E-state index contributed by atoms with van der Waals surface area (Å²) in [7, 11) is 7.00. The van der Waals surface area contributed by atoms with Crippen molar-refractivity contribution < 1.29 is 32.7 Å². The summed E-state index contributed by atoms with van der Waals surface area (Å²) in [5.41, 5.74) is 0. The van der Waals surface area contributed by atoms with Gasteiger partial charge in [-0.1, -0.05) is 13.8 Å². The van der Waals surface area contributed by atoms with E-state index in [2.05, 4.69) is 10.6 Å². The van der Waals surface area contributed by atoms with Crippen LogP contribution in [0.15, 0.2) is 0 Å². The standard InChI is InChI=1S/2C2H6N.C2H6.Y/c2*1-3-2;1-2;/h2*1-2H3;1-2H3;/q2*-1;;. The van der Waals surface area contributed by atoms with Crippen LogP contribution in [0, 0.1) is 0 Å². The van der Waals surface area contributed by atoms with Crippen LogP contribution in [0.1, 0.15) is 13.8 Å². The van der Waals surface area contributed by atoms with Gasteiger partial charge in [-0.15, -0.1) is 0 Å². The fraction of sp³-hybridized carbons (Fsp3) is 1.00. The molecule has 3 heteroatoms. The third-order valence-electron chi connectivity index (χ3n) is 0. The molecule has 0 saturated carbocycles. The molecule has 0 amide bonds. The molecule has 0 unspecified atom stereocenters. The Morgan fingerprint density at radius 1 is 0.667 bits per heavy atom. The molecule has 9 heavy (non-hydrogen) atoms. The smallest absolute Gasteiger partial charge is 0 e. The summed E-state index contributed by atoms with van der Waals surface area (Å²) in [6, 6.07) is 0. The van der Waals surface area contributed by atoms with Crippen LogP contribution in [0.5, 0.6) is 0 Å². The number of hydrogen-bond donors (Lipinski definition) is 0. The maximum Gasteiger partial charge on any atom is 0 e. The molecule has 0 bridgehead atoms. The first-order valence-electron chi connectivity index (χ1n) is 2.79. The molecule has 0 aliphatic heterocycles. The van der Waals surface area contributed by atoms with E-state index in [4.69, 9.17) is 0 Å². The molecule has 1 radical (unpaired) electrons. The van der Waals surface area contributed by atoms with Crippen molar-refractivity contribution >= 4 is 0 Å². The molecule has 0 spiro atoms. The van der Waals surface area contributed by atoms with Gasteiger partial charge in [-0.05, 0) is 0 Å². The molecule has 0 saturated heterocycles. The average Bonchev–Trinajstić information content (AvgIpc) is 1.75. The van der Waals surface area contributed by atoms with Gasteiger partial charge >= 0.3 is 0 Å². The Kier molecular flexibility index (Phi) is 159. The molecule has 0 heterocycles. The fourth-order valence-corrected chi connectivity index (χ4v) is 0. The van der Waals surface area contributed by atoms with Gasteiger partial charge in [-0.3, -0.25) is 0 Å². The summed E-state index contributed by atoms with van der Waals surface area (Å²) in [4.78, 5) is 0. The van der Waals surface area contributed by atoms with Crippen LogP contribution >= 0.6 is 0 Å². The van der Waals surface area contributed by atoms with Crippen molar-refractivity contribution in [2.75, 3.05) is 28.2 Å². The molecule has 0 aromatic carbocycles. The maximum atomic E-state index is 3.50. The molecule has 57 valence electrons. The second-order valence-corrected chi connectivity index (χ2v) is 0.894. The van der Waals surface area contributed by atoms with Crippen LogP contribution in [-0.2, 0) is 32.7 Å². The minimum Gasteiger partial charge on any atom is -0.668 e. The number of hydrogen-bond acceptors (Lipinski definition) is 0. The first-order chi connectivity index (χ1) is 3.83.